The first-order valence-electron chi connectivity index (χ1n) is 11.5. The van der Waals surface area contributed by atoms with Crippen molar-refractivity contribution in [3.8, 4) is 5.75 Å². The van der Waals surface area contributed by atoms with Gasteiger partial charge in [0.15, 0.2) is 0 Å². The van der Waals surface area contributed by atoms with Gasteiger partial charge in [0.25, 0.3) is 0 Å². The van der Waals surface area contributed by atoms with E-state index in [4.69, 9.17) is 4.74 Å². The lowest BCUT2D eigenvalue weighted by atomic mass is 9.81. The number of pyridine rings is 1. The smallest absolute Gasteiger partial charge is 0.308 e. The number of hydrogen-bond acceptors (Lipinski definition) is 7. The fourth-order valence-electron chi connectivity index (χ4n) is 4.60. The van der Waals surface area contributed by atoms with Crippen LogP contribution in [-0.2, 0) is 4.79 Å². The summed E-state index contributed by atoms with van der Waals surface area (Å²) in [5.41, 5.74) is 1.30. The van der Waals surface area contributed by atoms with Crippen LogP contribution in [0.15, 0.2) is 54.1 Å². The number of thioether (sulfide) groups is 1. The number of alkyl halides is 1. The molecule has 7 nitrogen and oxygen atoms in total. The predicted molar refractivity (Wildman–Crippen MR) is 130 cm³/mol. The quantitative estimate of drug-likeness (QED) is 0.417. The fraction of sp³-hybridized carbons (Fsp3) is 0.440. The van der Waals surface area contributed by atoms with E-state index in [0.29, 0.717) is 24.3 Å². The maximum Gasteiger partial charge on any atom is 0.308 e. The third-order valence-electron chi connectivity index (χ3n) is 6.46. The SMILES string of the molecule is COc1ccc2nccc(C(F)CC[C@@H]3CCN(CCSc4cnccn4)C[C@@H]3C(=O)O)c2c1. The van der Waals surface area contributed by atoms with Crippen molar-refractivity contribution in [2.45, 2.75) is 30.5 Å². The summed E-state index contributed by atoms with van der Waals surface area (Å²) in [5.74, 6) is 0.149. The Hall–Kier alpha value is -2.78. The van der Waals surface area contributed by atoms with E-state index in [9.17, 15) is 9.90 Å². The number of hydrogen-bond donors (Lipinski definition) is 1. The van der Waals surface area contributed by atoms with Crippen molar-refractivity contribution in [1.29, 1.82) is 0 Å². The normalized spacial score (nSPS) is 19.7. The van der Waals surface area contributed by atoms with Crippen LogP contribution in [0, 0.1) is 11.8 Å². The minimum Gasteiger partial charge on any atom is -0.497 e. The Morgan fingerprint density at radius 1 is 1.29 bits per heavy atom. The summed E-state index contributed by atoms with van der Waals surface area (Å²) >= 11 is 1.61. The molecule has 1 fully saturated rings. The van der Waals surface area contributed by atoms with E-state index in [1.807, 2.05) is 18.2 Å². The molecule has 0 amide bonds. The van der Waals surface area contributed by atoms with Crippen molar-refractivity contribution in [2.75, 3.05) is 32.5 Å². The van der Waals surface area contributed by atoms with Gasteiger partial charge in [-0.3, -0.25) is 14.8 Å². The molecule has 3 heterocycles. The molecule has 34 heavy (non-hydrogen) atoms. The molecule has 3 aromatic rings. The Bertz CT molecular complexity index is 1100. The van der Waals surface area contributed by atoms with Crippen molar-refractivity contribution in [2.24, 2.45) is 11.8 Å². The van der Waals surface area contributed by atoms with Crippen molar-refractivity contribution in [3.63, 3.8) is 0 Å². The highest BCUT2D eigenvalue weighted by Gasteiger charge is 2.34. The first kappa shape index (κ1) is 24.3. The molecule has 2 aromatic heterocycles. The molecular weight excluding hydrogens is 455 g/mol. The molecule has 0 spiro atoms. The van der Waals surface area contributed by atoms with Gasteiger partial charge >= 0.3 is 5.97 Å². The minimum atomic E-state index is -1.19. The number of aliphatic carboxylic acids is 1. The summed E-state index contributed by atoms with van der Waals surface area (Å²) in [7, 11) is 1.58. The maximum atomic E-state index is 15.3. The number of benzene rings is 1. The molecule has 4 rings (SSSR count). The first-order chi connectivity index (χ1) is 16.5. The Morgan fingerprint density at radius 2 is 2.18 bits per heavy atom. The molecule has 1 aliphatic heterocycles. The van der Waals surface area contributed by atoms with Crippen LogP contribution in [0.5, 0.6) is 5.75 Å². The second-order valence-corrected chi connectivity index (χ2v) is 9.63. The lowest BCUT2D eigenvalue weighted by Crippen LogP contribution is -2.44. The number of nitrogens with zero attached hydrogens (tertiary/aromatic N) is 4. The maximum absolute atomic E-state index is 15.3. The fourth-order valence-corrected chi connectivity index (χ4v) is 5.43. The summed E-state index contributed by atoms with van der Waals surface area (Å²) in [6, 6.07) is 7.15. The molecule has 0 radical (unpaired) electrons. The lowest BCUT2D eigenvalue weighted by Gasteiger charge is -2.36. The monoisotopic (exact) mass is 484 g/mol. The summed E-state index contributed by atoms with van der Waals surface area (Å²) in [5, 5.41) is 11.4. The Balaban J connectivity index is 1.34. The first-order valence-corrected chi connectivity index (χ1v) is 12.4. The number of carbonyl (C=O) groups is 1. The van der Waals surface area contributed by atoms with Gasteiger partial charge in [-0.15, -0.1) is 11.8 Å². The number of aromatic nitrogens is 3. The van der Waals surface area contributed by atoms with Gasteiger partial charge in [0.2, 0.25) is 0 Å². The summed E-state index contributed by atoms with van der Waals surface area (Å²) in [4.78, 5) is 26.8. The van der Waals surface area contributed by atoms with Crippen LogP contribution in [0.2, 0.25) is 0 Å². The number of carboxylic acid groups (broad SMARTS) is 1. The molecule has 0 aliphatic carbocycles. The Labute approximate surface area is 202 Å². The lowest BCUT2D eigenvalue weighted by molar-refractivity contribution is -0.146. The van der Waals surface area contributed by atoms with Gasteiger partial charge in [-0.2, -0.15) is 0 Å². The van der Waals surface area contributed by atoms with Crippen molar-refractivity contribution in [1.82, 2.24) is 19.9 Å². The standard InChI is InChI=1S/C25H29FN4O3S/c1-33-18-3-5-23-20(14-18)19(6-8-28-23)22(26)4-2-17-7-11-30(16-21(17)25(31)32)12-13-34-24-15-27-9-10-29-24/h3,5-6,8-10,14-15,17,21-22H,2,4,7,11-13,16H2,1H3,(H,31,32)/t17-,21+,22?/m1/s1. The van der Waals surface area contributed by atoms with Crippen LogP contribution in [0.1, 0.15) is 31.0 Å². The van der Waals surface area contributed by atoms with E-state index in [1.54, 1.807) is 49.7 Å². The van der Waals surface area contributed by atoms with Crippen LogP contribution < -0.4 is 4.74 Å². The van der Waals surface area contributed by atoms with Gasteiger partial charge in [-0.25, -0.2) is 9.37 Å². The topological polar surface area (TPSA) is 88.4 Å². The van der Waals surface area contributed by atoms with E-state index < -0.39 is 18.1 Å². The zero-order valence-corrected chi connectivity index (χ0v) is 20.0. The molecule has 180 valence electrons. The second kappa shape index (κ2) is 11.6. The highest BCUT2D eigenvalue weighted by Crippen LogP contribution is 2.35. The van der Waals surface area contributed by atoms with E-state index in [0.717, 1.165) is 41.2 Å². The highest BCUT2D eigenvalue weighted by molar-refractivity contribution is 7.99. The summed E-state index contributed by atoms with van der Waals surface area (Å²) < 4.78 is 20.6. The average Bonchev–Trinajstić information content (AvgIpc) is 2.87. The number of halogens is 1. The zero-order chi connectivity index (χ0) is 23.9. The number of piperidine rings is 1. The molecular formula is C25H29FN4O3S. The third-order valence-corrected chi connectivity index (χ3v) is 7.36. The molecule has 1 aromatic carbocycles. The minimum absolute atomic E-state index is 0.0396. The second-order valence-electron chi connectivity index (χ2n) is 8.51. The van der Waals surface area contributed by atoms with E-state index >= 15 is 4.39 Å². The van der Waals surface area contributed by atoms with E-state index in [2.05, 4.69) is 19.9 Å². The number of methoxy groups -OCH3 is 1. The van der Waals surface area contributed by atoms with Crippen molar-refractivity contribution in [3.05, 3.63) is 54.6 Å². The zero-order valence-electron chi connectivity index (χ0n) is 19.1. The van der Waals surface area contributed by atoms with Gasteiger partial charge in [-0.1, -0.05) is 0 Å². The molecule has 0 saturated carbocycles. The van der Waals surface area contributed by atoms with Gasteiger partial charge in [-0.05, 0) is 61.6 Å². The van der Waals surface area contributed by atoms with Gasteiger partial charge < -0.3 is 14.7 Å². The van der Waals surface area contributed by atoms with Gasteiger partial charge in [0.1, 0.15) is 16.9 Å². The average molecular weight is 485 g/mol. The third kappa shape index (κ3) is 6.01. The summed E-state index contributed by atoms with van der Waals surface area (Å²) in [6.07, 6.45) is 7.04. The van der Waals surface area contributed by atoms with Crippen LogP contribution >= 0.6 is 11.8 Å². The van der Waals surface area contributed by atoms with Gasteiger partial charge in [0, 0.05) is 42.8 Å². The number of rotatable bonds is 10. The Morgan fingerprint density at radius 3 is 2.94 bits per heavy atom. The number of fused-ring (bicyclic) bond motifs is 1. The van der Waals surface area contributed by atoms with Crippen LogP contribution in [0.3, 0.4) is 0 Å². The molecule has 9 heteroatoms. The molecule has 1 aliphatic rings. The van der Waals surface area contributed by atoms with Crippen molar-refractivity contribution >= 4 is 28.6 Å². The summed E-state index contributed by atoms with van der Waals surface area (Å²) in [6.45, 7) is 2.10. The molecule has 1 saturated heterocycles. The number of carboxylic acids is 1. The van der Waals surface area contributed by atoms with Crippen LogP contribution in [0.25, 0.3) is 10.9 Å². The molecule has 1 unspecified atom stereocenters. The van der Waals surface area contributed by atoms with Crippen LogP contribution in [-0.4, -0.2) is 63.4 Å². The van der Waals surface area contributed by atoms with E-state index in [-0.39, 0.29) is 12.3 Å². The molecule has 1 N–H and O–H groups in total. The van der Waals surface area contributed by atoms with Crippen LogP contribution in [0.4, 0.5) is 4.39 Å². The Kier molecular flexibility index (Phi) is 8.29. The largest absolute Gasteiger partial charge is 0.497 e. The predicted octanol–water partition coefficient (Wildman–Crippen LogP) is 4.64. The van der Waals surface area contributed by atoms with Gasteiger partial charge in [0.05, 0.1) is 24.7 Å². The molecule has 3 atom stereocenters. The highest BCUT2D eigenvalue weighted by atomic mass is 32.2. The molecule has 0 bridgehead atoms. The number of ether oxygens (including phenoxy) is 1. The number of likely N-dealkylation sites (tertiary alicyclic amines) is 1. The van der Waals surface area contributed by atoms with Crippen molar-refractivity contribution < 1.29 is 19.0 Å². The van der Waals surface area contributed by atoms with E-state index in [1.165, 1.54) is 0 Å².